The summed E-state index contributed by atoms with van der Waals surface area (Å²) in [4.78, 5) is 71.8. The molecule has 1 unspecified atom stereocenters. The highest BCUT2D eigenvalue weighted by Crippen LogP contribution is 2.05. The molecule has 14 heteroatoms. The van der Waals surface area contributed by atoms with E-state index in [1.807, 2.05) is 13.8 Å². The van der Waals surface area contributed by atoms with Crippen molar-refractivity contribution < 1.29 is 28.8 Å². The maximum absolute atomic E-state index is 12.9. The first-order valence-electron chi connectivity index (χ1n) is 12.1. The van der Waals surface area contributed by atoms with Crippen molar-refractivity contribution in [1.29, 1.82) is 0 Å². The Morgan fingerprint density at radius 2 is 1.61 bits per heavy atom. The predicted molar refractivity (Wildman–Crippen MR) is 135 cm³/mol. The van der Waals surface area contributed by atoms with Gasteiger partial charge in [-0.2, -0.15) is 0 Å². The standard InChI is InChI=1S/C22H38BN7O6/c1-14(2)19(26-11-10-25-8-4-12-30-17(32)6-7-18(30)33)21(35)29-15(5-3-9-27-22(24)36)20(34)28-13-16(23)31/h6-7,14-15,19,25-26H,3-5,8-13,23H2,1-2H3,(H,28,34)(H,29,35)(H3,24,27,36)/t15-,19?/m0/s1. The third-order valence-corrected chi connectivity index (χ3v) is 5.36. The van der Waals surface area contributed by atoms with E-state index < -0.39 is 24.0 Å². The third-order valence-electron chi connectivity index (χ3n) is 5.36. The maximum atomic E-state index is 12.9. The number of nitrogens with one attached hydrogen (secondary N) is 5. The van der Waals surface area contributed by atoms with Crippen LogP contribution in [0.2, 0.25) is 0 Å². The van der Waals surface area contributed by atoms with Crippen molar-refractivity contribution in [2.24, 2.45) is 11.7 Å². The summed E-state index contributed by atoms with van der Waals surface area (Å²) in [7, 11) is 1.35. The maximum Gasteiger partial charge on any atom is 0.312 e. The van der Waals surface area contributed by atoms with E-state index in [1.54, 1.807) is 0 Å². The lowest BCUT2D eigenvalue weighted by Gasteiger charge is -2.25. The Balaban J connectivity index is 2.48. The zero-order chi connectivity index (χ0) is 27.1. The summed E-state index contributed by atoms with van der Waals surface area (Å²) in [6.07, 6.45) is 3.77. The van der Waals surface area contributed by atoms with Crippen molar-refractivity contribution in [3.63, 3.8) is 0 Å². The van der Waals surface area contributed by atoms with Crippen molar-refractivity contribution in [2.75, 3.05) is 39.3 Å². The Bertz CT molecular complexity index is 818. The molecule has 1 rings (SSSR count). The van der Waals surface area contributed by atoms with Gasteiger partial charge in [-0.3, -0.25) is 24.1 Å². The molecule has 1 aliphatic heterocycles. The first-order valence-corrected chi connectivity index (χ1v) is 12.1. The molecule has 2 atom stereocenters. The molecule has 6 amide bonds. The molecule has 0 aromatic carbocycles. The summed E-state index contributed by atoms with van der Waals surface area (Å²) >= 11 is 0. The fourth-order valence-corrected chi connectivity index (χ4v) is 3.47. The third kappa shape index (κ3) is 11.9. The van der Waals surface area contributed by atoms with Gasteiger partial charge in [0.05, 0.1) is 12.6 Å². The monoisotopic (exact) mass is 507 g/mol. The van der Waals surface area contributed by atoms with E-state index in [0.29, 0.717) is 39.0 Å². The van der Waals surface area contributed by atoms with Gasteiger partial charge in [0.1, 0.15) is 11.7 Å². The average Bonchev–Trinajstić information content (AvgIpc) is 3.12. The number of imide groups is 1. The lowest BCUT2D eigenvalue weighted by Crippen LogP contribution is -2.55. The SMILES string of the molecule is BC(=O)CNC(=O)[C@H](CCCNC(N)=O)NC(=O)C(NCCNCCCN1C(=O)C=CC1=O)C(C)C. The van der Waals surface area contributed by atoms with Gasteiger partial charge < -0.3 is 37.1 Å². The fourth-order valence-electron chi connectivity index (χ4n) is 3.47. The van der Waals surface area contributed by atoms with Crippen molar-refractivity contribution in [2.45, 2.75) is 45.2 Å². The van der Waals surface area contributed by atoms with Gasteiger partial charge in [0.2, 0.25) is 11.8 Å². The van der Waals surface area contributed by atoms with Gasteiger partial charge in [-0.15, -0.1) is 0 Å². The van der Waals surface area contributed by atoms with Crippen LogP contribution in [0.3, 0.4) is 0 Å². The first-order chi connectivity index (χ1) is 17.0. The molecule has 0 fully saturated rings. The van der Waals surface area contributed by atoms with Crippen LogP contribution in [-0.4, -0.2) is 99.4 Å². The second-order valence-electron chi connectivity index (χ2n) is 8.86. The second kappa shape index (κ2) is 16.4. The van der Waals surface area contributed by atoms with E-state index in [9.17, 15) is 28.8 Å². The molecule has 0 aromatic heterocycles. The van der Waals surface area contributed by atoms with E-state index in [4.69, 9.17) is 5.73 Å². The zero-order valence-electron chi connectivity index (χ0n) is 21.2. The highest BCUT2D eigenvalue weighted by molar-refractivity contribution is 6.58. The molecule has 36 heavy (non-hydrogen) atoms. The summed E-state index contributed by atoms with van der Waals surface area (Å²) in [5, 5.41) is 14.1. The molecule has 0 bridgehead atoms. The molecule has 0 spiro atoms. The molecular weight excluding hydrogens is 469 g/mol. The highest BCUT2D eigenvalue weighted by atomic mass is 16.2. The summed E-state index contributed by atoms with van der Waals surface area (Å²) in [6, 6.07) is -2.12. The van der Waals surface area contributed by atoms with E-state index in [0.717, 1.165) is 0 Å². The van der Waals surface area contributed by atoms with Gasteiger partial charge in [0.25, 0.3) is 11.8 Å². The average molecular weight is 507 g/mol. The number of primary amides is 1. The van der Waals surface area contributed by atoms with Crippen LogP contribution in [0.1, 0.15) is 33.1 Å². The van der Waals surface area contributed by atoms with Crippen LogP contribution in [0, 0.1) is 5.92 Å². The fraction of sp³-hybridized carbons (Fsp3) is 0.636. The molecule has 0 saturated carbocycles. The molecule has 1 aliphatic rings. The summed E-state index contributed by atoms with van der Waals surface area (Å²) in [6.45, 7) is 5.82. The minimum Gasteiger partial charge on any atom is -0.352 e. The number of nitrogens with two attached hydrogens (primary N) is 1. The van der Waals surface area contributed by atoms with Gasteiger partial charge in [-0.25, -0.2) is 4.79 Å². The molecule has 0 radical (unpaired) electrons. The van der Waals surface area contributed by atoms with Crippen LogP contribution in [-0.2, 0) is 24.0 Å². The number of urea groups is 1. The van der Waals surface area contributed by atoms with Crippen LogP contribution in [0.4, 0.5) is 4.79 Å². The Labute approximate surface area is 212 Å². The minimum absolute atomic E-state index is 0.0675. The number of hydrogen-bond donors (Lipinski definition) is 6. The van der Waals surface area contributed by atoms with Crippen LogP contribution in [0.5, 0.6) is 0 Å². The van der Waals surface area contributed by atoms with E-state index in [-0.39, 0.29) is 48.8 Å². The van der Waals surface area contributed by atoms with Crippen LogP contribution >= 0.6 is 0 Å². The number of amides is 6. The number of nitrogens with zero attached hydrogens (tertiary/aromatic N) is 1. The highest BCUT2D eigenvalue weighted by Gasteiger charge is 2.27. The van der Waals surface area contributed by atoms with Gasteiger partial charge in [-0.1, -0.05) is 13.8 Å². The van der Waals surface area contributed by atoms with Gasteiger partial charge >= 0.3 is 6.03 Å². The van der Waals surface area contributed by atoms with Gasteiger partial charge in [0, 0.05) is 38.3 Å². The molecule has 200 valence electrons. The van der Waals surface area contributed by atoms with Gasteiger partial charge in [0.15, 0.2) is 7.85 Å². The lowest BCUT2D eigenvalue weighted by molar-refractivity contribution is -0.136. The smallest absolute Gasteiger partial charge is 0.312 e. The second-order valence-corrected chi connectivity index (χ2v) is 8.86. The Morgan fingerprint density at radius 3 is 2.19 bits per heavy atom. The Morgan fingerprint density at radius 1 is 0.944 bits per heavy atom. The van der Waals surface area contributed by atoms with Crippen LogP contribution < -0.4 is 32.3 Å². The normalized spacial score (nSPS) is 14.6. The number of carbonyl (C=O) groups excluding carboxylic acids is 6. The van der Waals surface area contributed by atoms with Crippen molar-refractivity contribution >= 4 is 43.2 Å². The van der Waals surface area contributed by atoms with Crippen molar-refractivity contribution in [3.8, 4) is 0 Å². The number of carbonyl (C=O) groups is 6. The van der Waals surface area contributed by atoms with Crippen molar-refractivity contribution in [3.05, 3.63) is 12.2 Å². The summed E-state index contributed by atoms with van der Waals surface area (Å²) in [5.74, 6) is -1.50. The minimum atomic E-state index is -0.877. The number of rotatable bonds is 18. The molecule has 0 saturated heterocycles. The molecule has 1 heterocycles. The Hall–Kier alpha value is -3.26. The first kappa shape index (κ1) is 30.8. The molecule has 0 aromatic rings. The van der Waals surface area contributed by atoms with E-state index in [2.05, 4.69) is 26.6 Å². The quantitative estimate of drug-likeness (QED) is 0.0632. The van der Waals surface area contributed by atoms with Crippen molar-refractivity contribution in [1.82, 2.24) is 31.5 Å². The molecular formula is C22H38BN7O6. The molecule has 0 aliphatic carbocycles. The van der Waals surface area contributed by atoms with E-state index >= 15 is 0 Å². The zero-order valence-corrected chi connectivity index (χ0v) is 21.2. The lowest BCUT2D eigenvalue weighted by atomic mass is 10.0. The van der Waals surface area contributed by atoms with E-state index in [1.165, 1.54) is 24.9 Å². The topological polar surface area (TPSA) is 192 Å². The number of hydrogen-bond acceptors (Lipinski definition) is 8. The summed E-state index contributed by atoms with van der Waals surface area (Å²) < 4.78 is 0. The predicted octanol–water partition coefficient (Wildman–Crippen LogP) is -3.29. The Kier molecular flexibility index (Phi) is 14.0. The van der Waals surface area contributed by atoms with Gasteiger partial charge in [-0.05, 0) is 31.7 Å². The molecule has 13 nitrogen and oxygen atoms in total. The molecule has 7 N–H and O–H groups in total. The van der Waals surface area contributed by atoms with Crippen LogP contribution in [0.25, 0.3) is 0 Å². The largest absolute Gasteiger partial charge is 0.352 e. The summed E-state index contributed by atoms with van der Waals surface area (Å²) in [5.41, 5.74) is 4.83. The van der Waals surface area contributed by atoms with Crippen LogP contribution in [0.15, 0.2) is 12.2 Å².